The number of rotatable bonds is 3. The van der Waals surface area contributed by atoms with Gasteiger partial charge in [0.15, 0.2) is 5.82 Å². The smallest absolute Gasteiger partial charge is 0.173 e. The number of aromatic nitrogens is 3. The summed E-state index contributed by atoms with van der Waals surface area (Å²) in [7, 11) is 2.17. The lowest BCUT2D eigenvalue weighted by molar-refractivity contribution is 0.261. The number of piperidine rings is 1. The Bertz CT molecular complexity index is 796. The second-order valence-electron chi connectivity index (χ2n) is 6.28. The molecule has 0 bridgehead atoms. The average Bonchev–Trinajstić information content (AvgIpc) is 3.06. The molecule has 0 radical (unpaired) electrons. The van der Waals surface area contributed by atoms with Crippen molar-refractivity contribution in [3.05, 3.63) is 42.6 Å². The largest absolute Gasteiger partial charge is 0.363 e. The number of hydrogen-bond donors (Lipinski definition) is 2. The predicted octanol–water partition coefficient (Wildman–Crippen LogP) is 3.13. The summed E-state index contributed by atoms with van der Waals surface area (Å²) in [5.41, 5.74) is 3.05. The first-order chi connectivity index (χ1) is 11.3. The van der Waals surface area contributed by atoms with E-state index < -0.39 is 0 Å². The highest BCUT2D eigenvalue weighted by Crippen LogP contribution is 2.29. The summed E-state index contributed by atoms with van der Waals surface area (Å²) >= 11 is 0. The molecule has 0 saturated carbocycles. The summed E-state index contributed by atoms with van der Waals surface area (Å²) in [6, 6.07) is 12.7. The first-order valence-electron chi connectivity index (χ1n) is 8.15. The number of aromatic amines is 1. The predicted molar refractivity (Wildman–Crippen MR) is 93.5 cm³/mol. The van der Waals surface area contributed by atoms with Gasteiger partial charge in [-0.1, -0.05) is 30.3 Å². The summed E-state index contributed by atoms with van der Waals surface area (Å²) in [4.78, 5) is 5.68. The molecular weight excluding hydrogens is 286 g/mol. The number of likely N-dealkylation sites (tertiary alicyclic amines) is 1. The Labute approximate surface area is 135 Å². The van der Waals surface area contributed by atoms with Crippen LogP contribution >= 0.6 is 0 Å². The number of hydrogen-bond acceptors (Lipinski definition) is 4. The molecule has 3 heterocycles. The zero-order valence-electron chi connectivity index (χ0n) is 13.3. The fourth-order valence-corrected chi connectivity index (χ4v) is 3.35. The van der Waals surface area contributed by atoms with E-state index in [2.05, 4.69) is 50.6 Å². The number of anilines is 1. The summed E-state index contributed by atoms with van der Waals surface area (Å²) in [5.74, 6) is 0.852. The van der Waals surface area contributed by atoms with E-state index in [0.717, 1.165) is 34.5 Å². The molecule has 0 aliphatic carbocycles. The van der Waals surface area contributed by atoms with E-state index >= 15 is 0 Å². The molecule has 2 aromatic heterocycles. The van der Waals surface area contributed by atoms with Gasteiger partial charge in [0, 0.05) is 29.7 Å². The zero-order valence-corrected chi connectivity index (χ0v) is 13.3. The van der Waals surface area contributed by atoms with Gasteiger partial charge in [0.05, 0.1) is 5.52 Å². The van der Waals surface area contributed by atoms with Gasteiger partial charge in [-0.2, -0.15) is 0 Å². The number of nitrogens with one attached hydrogen (secondary N) is 2. The van der Waals surface area contributed by atoms with Crippen LogP contribution in [0.2, 0.25) is 0 Å². The van der Waals surface area contributed by atoms with Gasteiger partial charge in [0.1, 0.15) is 5.69 Å². The molecule has 5 nitrogen and oxygen atoms in total. The van der Waals surface area contributed by atoms with E-state index in [-0.39, 0.29) is 0 Å². The molecule has 1 fully saturated rings. The molecule has 2 N–H and O–H groups in total. The Balaban J connectivity index is 1.69. The van der Waals surface area contributed by atoms with Crippen LogP contribution in [-0.4, -0.2) is 46.3 Å². The van der Waals surface area contributed by atoms with Crippen molar-refractivity contribution in [2.45, 2.75) is 18.9 Å². The number of likely N-dealkylation sites (N-methyl/N-ethyl adjacent to an activating group) is 1. The third-order valence-electron chi connectivity index (χ3n) is 4.50. The van der Waals surface area contributed by atoms with Crippen LogP contribution in [-0.2, 0) is 0 Å². The van der Waals surface area contributed by atoms with Crippen LogP contribution in [0.3, 0.4) is 0 Å². The minimum absolute atomic E-state index is 0.428. The average molecular weight is 307 g/mol. The maximum atomic E-state index is 4.49. The third kappa shape index (κ3) is 2.80. The van der Waals surface area contributed by atoms with Crippen molar-refractivity contribution in [2.24, 2.45) is 0 Å². The van der Waals surface area contributed by atoms with E-state index in [1.54, 1.807) is 0 Å². The third-order valence-corrected chi connectivity index (χ3v) is 4.50. The Morgan fingerprint density at radius 3 is 2.87 bits per heavy atom. The van der Waals surface area contributed by atoms with Crippen molar-refractivity contribution in [3.8, 4) is 11.3 Å². The Hall–Kier alpha value is -2.40. The molecule has 23 heavy (non-hydrogen) atoms. The normalized spacial score (nSPS) is 19.1. The van der Waals surface area contributed by atoms with E-state index in [1.807, 2.05) is 24.4 Å². The first kappa shape index (κ1) is 14.2. The summed E-state index contributed by atoms with van der Waals surface area (Å²) in [6.07, 6.45) is 4.35. The Kier molecular flexibility index (Phi) is 3.71. The van der Waals surface area contributed by atoms with Crippen LogP contribution in [0.15, 0.2) is 42.6 Å². The minimum Gasteiger partial charge on any atom is -0.363 e. The van der Waals surface area contributed by atoms with Crippen LogP contribution in [0.25, 0.3) is 22.2 Å². The van der Waals surface area contributed by atoms with Gasteiger partial charge in [0.25, 0.3) is 0 Å². The highest BCUT2D eigenvalue weighted by atomic mass is 15.2. The van der Waals surface area contributed by atoms with Gasteiger partial charge in [-0.3, -0.25) is 0 Å². The second-order valence-corrected chi connectivity index (χ2v) is 6.28. The number of benzene rings is 1. The highest BCUT2D eigenvalue weighted by Gasteiger charge is 2.19. The minimum atomic E-state index is 0.428. The van der Waals surface area contributed by atoms with Gasteiger partial charge < -0.3 is 15.2 Å². The van der Waals surface area contributed by atoms with E-state index in [4.69, 9.17) is 0 Å². The van der Waals surface area contributed by atoms with Gasteiger partial charge >= 0.3 is 0 Å². The molecule has 118 valence electrons. The van der Waals surface area contributed by atoms with E-state index in [0.29, 0.717) is 6.04 Å². The topological polar surface area (TPSA) is 56.8 Å². The fraction of sp³-hybridized carbons (Fsp3) is 0.333. The second kappa shape index (κ2) is 6.01. The SMILES string of the molecule is CN1CCC[C@@H](Nc2nnc(-c3ccccc3)c3cc[nH]c23)C1. The van der Waals surface area contributed by atoms with Crippen molar-refractivity contribution in [1.29, 1.82) is 0 Å². The zero-order chi connectivity index (χ0) is 15.6. The molecule has 1 saturated heterocycles. The van der Waals surface area contributed by atoms with Gasteiger partial charge in [-0.15, -0.1) is 10.2 Å². The Morgan fingerprint density at radius 2 is 2.04 bits per heavy atom. The standard InChI is InChI=1S/C18H21N5/c1-23-11-5-8-14(12-23)20-18-17-15(9-10-19-17)16(21-22-18)13-6-3-2-4-7-13/h2-4,6-7,9-10,14,19H,5,8,11-12H2,1H3,(H,20,22)/t14-/m1/s1. The number of nitrogens with zero attached hydrogens (tertiary/aromatic N) is 3. The van der Waals surface area contributed by atoms with Crippen molar-refractivity contribution < 1.29 is 0 Å². The van der Waals surface area contributed by atoms with Gasteiger partial charge in [0.2, 0.25) is 0 Å². The van der Waals surface area contributed by atoms with Crippen molar-refractivity contribution >= 4 is 16.7 Å². The molecule has 1 aromatic carbocycles. The fourth-order valence-electron chi connectivity index (χ4n) is 3.35. The molecule has 5 heteroatoms. The molecule has 0 unspecified atom stereocenters. The summed E-state index contributed by atoms with van der Waals surface area (Å²) < 4.78 is 0. The van der Waals surface area contributed by atoms with Gasteiger partial charge in [-0.25, -0.2) is 0 Å². The lowest BCUT2D eigenvalue weighted by atomic mass is 10.1. The molecule has 0 spiro atoms. The molecule has 1 aliphatic rings. The quantitative estimate of drug-likeness (QED) is 0.780. The maximum absolute atomic E-state index is 4.49. The van der Waals surface area contributed by atoms with Crippen molar-refractivity contribution in [1.82, 2.24) is 20.1 Å². The lowest BCUT2D eigenvalue weighted by Crippen LogP contribution is -2.40. The van der Waals surface area contributed by atoms with E-state index in [9.17, 15) is 0 Å². The summed E-state index contributed by atoms with van der Waals surface area (Å²) in [5, 5.41) is 13.6. The number of fused-ring (bicyclic) bond motifs is 1. The Morgan fingerprint density at radius 1 is 1.17 bits per heavy atom. The van der Waals surface area contributed by atoms with Crippen molar-refractivity contribution in [3.63, 3.8) is 0 Å². The molecule has 4 rings (SSSR count). The molecule has 0 amide bonds. The van der Waals surface area contributed by atoms with Crippen LogP contribution in [0.4, 0.5) is 5.82 Å². The molecular formula is C18H21N5. The maximum Gasteiger partial charge on any atom is 0.173 e. The van der Waals surface area contributed by atoms with Crippen LogP contribution < -0.4 is 5.32 Å². The monoisotopic (exact) mass is 307 g/mol. The van der Waals surface area contributed by atoms with Crippen LogP contribution in [0, 0.1) is 0 Å². The highest BCUT2D eigenvalue weighted by molar-refractivity contribution is 5.98. The first-order valence-corrected chi connectivity index (χ1v) is 8.15. The van der Waals surface area contributed by atoms with Crippen LogP contribution in [0.1, 0.15) is 12.8 Å². The molecule has 1 atom stereocenters. The lowest BCUT2D eigenvalue weighted by Gasteiger charge is -2.30. The van der Waals surface area contributed by atoms with Crippen LogP contribution in [0.5, 0.6) is 0 Å². The summed E-state index contributed by atoms with van der Waals surface area (Å²) in [6.45, 7) is 2.22. The molecule has 1 aliphatic heterocycles. The number of H-pyrrole nitrogens is 1. The van der Waals surface area contributed by atoms with E-state index in [1.165, 1.54) is 19.4 Å². The van der Waals surface area contributed by atoms with Crippen molar-refractivity contribution in [2.75, 3.05) is 25.5 Å². The molecule has 3 aromatic rings. The van der Waals surface area contributed by atoms with Gasteiger partial charge in [-0.05, 0) is 32.5 Å².